The van der Waals surface area contributed by atoms with E-state index in [9.17, 15) is 0 Å². The third-order valence-corrected chi connectivity index (χ3v) is 2.71. The van der Waals surface area contributed by atoms with Gasteiger partial charge in [-0.3, -0.25) is 4.40 Å². The van der Waals surface area contributed by atoms with E-state index in [4.69, 9.17) is 10.00 Å². The van der Waals surface area contributed by atoms with E-state index >= 15 is 0 Å². The molecular weight excluding hydrogens is 240 g/mol. The summed E-state index contributed by atoms with van der Waals surface area (Å²) in [5.41, 5.74) is 1.26. The summed E-state index contributed by atoms with van der Waals surface area (Å²) in [5, 5.41) is 17.0. The number of nitrogens with zero attached hydrogens (tertiary/aromatic N) is 4. The van der Waals surface area contributed by atoms with Crippen molar-refractivity contribution in [3.63, 3.8) is 0 Å². The van der Waals surface area contributed by atoms with Crippen LogP contribution in [0.3, 0.4) is 0 Å². The molecule has 0 aliphatic heterocycles. The van der Waals surface area contributed by atoms with E-state index in [0.717, 1.165) is 5.75 Å². The summed E-state index contributed by atoms with van der Waals surface area (Å²) < 4.78 is 7.39. The van der Waals surface area contributed by atoms with Crippen LogP contribution in [0.25, 0.3) is 5.65 Å². The molecule has 0 saturated heterocycles. The van der Waals surface area contributed by atoms with Crippen LogP contribution in [-0.2, 0) is 6.61 Å². The van der Waals surface area contributed by atoms with Gasteiger partial charge in [0, 0.05) is 6.20 Å². The summed E-state index contributed by atoms with van der Waals surface area (Å²) in [6.45, 7) is 0.306. The van der Waals surface area contributed by atoms with Crippen molar-refractivity contribution in [1.82, 2.24) is 14.6 Å². The number of pyridine rings is 1. The average molecular weight is 250 g/mol. The number of nitriles is 1. The number of para-hydroxylation sites is 1. The van der Waals surface area contributed by atoms with E-state index in [1.807, 2.05) is 30.3 Å². The van der Waals surface area contributed by atoms with Gasteiger partial charge in [0.1, 0.15) is 18.4 Å². The quantitative estimate of drug-likeness (QED) is 0.714. The van der Waals surface area contributed by atoms with Gasteiger partial charge >= 0.3 is 0 Å². The third-order valence-electron chi connectivity index (χ3n) is 2.71. The van der Waals surface area contributed by atoms with Crippen molar-refractivity contribution in [2.45, 2.75) is 6.61 Å². The van der Waals surface area contributed by atoms with Gasteiger partial charge in [-0.05, 0) is 24.3 Å². The van der Waals surface area contributed by atoms with E-state index in [1.165, 1.54) is 0 Å². The Morgan fingerprint density at radius 1 is 1.11 bits per heavy atom. The maximum atomic E-state index is 8.90. The number of benzene rings is 1. The molecule has 0 spiro atoms. The summed E-state index contributed by atoms with van der Waals surface area (Å²) in [5.74, 6) is 1.44. The second-order valence-corrected chi connectivity index (χ2v) is 3.98. The van der Waals surface area contributed by atoms with Gasteiger partial charge in [-0.2, -0.15) is 5.26 Å². The second kappa shape index (κ2) is 4.78. The van der Waals surface area contributed by atoms with Crippen molar-refractivity contribution >= 4 is 5.65 Å². The zero-order chi connectivity index (χ0) is 13.1. The Morgan fingerprint density at radius 2 is 1.95 bits per heavy atom. The van der Waals surface area contributed by atoms with E-state index in [-0.39, 0.29) is 0 Å². The number of hydrogen-bond donors (Lipinski definition) is 0. The minimum atomic E-state index is 0.306. The molecule has 2 aromatic heterocycles. The van der Waals surface area contributed by atoms with E-state index < -0.39 is 0 Å². The Hall–Kier alpha value is -2.87. The molecule has 0 unspecified atom stereocenters. The fourth-order valence-corrected chi connectivity index (χ4v) is 1.77. The molecule has 0 saturated carbocycles. The van der Waals surface area contributed by atoms with Gasteiger partial charge in [0.25, 0.3) is 0 Å². The summed E-state index contributed by atoms with van der Waals surface area (Å²) in [4.78, 5) is 0. The zero-order valence-corrected chi connectivity index (χ0v) is 10.0. The van der Waals surface area contributed by atoms with Crippen LogP contribution in [0.4, 0.5) is 0 Å². The molecule has 92 valence electrons. The molecular formula is C14H10N4O. The predicted molar refractivity (Wildman–Crippen MR) is 68.5 cm³/mol. The van der Waals surface area contributed by atoms with Gasteiger partial charge in [-0.15, -0.1) is 10.2 Å². The standard InChI is InChI=1S/C14H10N4O/c15-8-11-6-7-13-16-17-14(18(13)9-11)10-19-12-4-2-1-3-5-12/h1-7,9H,10H2. The highest BCUT2D eigenvalue weighted by atomic mass is 16.5. The molecule has 0 atom stereocenters. The molecule has 0 aliphatic carbocycles. The molecule has 3 rings (SSSR count). The lowest BCUT2D eigenvalue weighted by Gasteiger charge is -2.04. The number of ether oxygens (including phenoxy) is 1. The lowest BCUT2D eigenvalue weighted by atomic mass is 10.3. The van der Waals surface area contributed by atoms with Gasteiger partial charge in [0.15, 0.2) is 11.5 Å². The Balaban J connectivity index is 1.87. The van der Waals surface area contributed by atoms with E-state index in [0.29, 0.717) is 23.6 Å². The average Bonchev–Trinajstić information content (AvgIpc) is 2.88. The highest BCUT2D eigenvalue weighted by Gasteiger charge is 2.06. The summed E-state index contributed by atoms with van der Waals surface area (Å²) in [6, 6.07) is 15.1. The molecule has 1 aromatic carbocycles. The normalized spacial score (nSPS) is 10.3. The van der Waals surface area contributed by atoms with Crippen LogP contribution in [0.5, 0.6) is 5.75 Å². The highest BCUT2D eigenvalue weighted by molar-refractivity contribution is 5.42. The zero-order valence-electron chi connectivity index (χ0n) is 10.0. The van der Waals surface area contributed by atoms with Gasteiger partial charge in [0.2, 0.25) is 0 Å². The van der Waals surface area contributed by atoms with Crippen LogP contribution >= 0.6 is 0 Å². The molecule has 0 aliphatic rings. The molecule has 0 fully saturated rings. The van der Waals surface area contributed by atoms with Crippen LogP contribution in [0.15, 0.2) is 48.7 Å². The first kappa shape index (κ1) is 11.2. The van der Waals surface area contributed by atoms with Crippen molar-refractivity contribution in [2.24, 2.45) is 0 Å². The smallest absolute Gasteiger partial charge is 0.175 e. The van der Waals surface area contributed by atoms with Crippen LogP contribution in [0.2, 0.25) is 0 Å². The lowest BCUT2D eigenvalue weighted by Crippen LogP contribution is -2.01. The Morgan fingerprint density at radius 3 is 2.74 bits per heavy atom. The van der Waals surface area contributed by atoms with Crippen LogP contribution in [0, 0.1) is 11.3 Å². The monoisotopic (exact) mass is 250 g/mol. The lowest BCUT2D eigenvalue weighted by molar-refractivity contribution is 0.294. The second-order valence-electron chi connectivity index (χ2n) is 3.98. The molecule has 19 heavy (non-hydrogen) atoms. The topological polar surface area (TPSA) is 63.2 Å². The van der Waals surface area contributed by atoms with Crippen molar-refractivity contribution < 1.29 is 4.74 Å². The molecule has 0 amide bonds. The number of aromatic nitrogens is 3. The van der Waals surface area contributed by atoms with Crippen LogP contribution in [0.1, 0.15) is 11.4 Å². The minimum Gasteiger partial charge on any atom is -0.486 e. The van der Waals surface area contributed by atoms with Gasteiger partial charge < -0.3 is 4.74 Å². The summed E-state index contributed by atoms with van der Waals surface area (Å²) in [6.07, 6.45) is 1.71. The first-order valence-corrected chi connectivity index (χ1v) is 5.78. The van der Waals surface area contributed by atoms with Gasteiger partial charge in [-0.1, -0.05) is 18.2 Å². The molecule has 0 N–H and O–H groups in total. The first-order chi connectivity index (χ1) is 9.36. The molecule has 2 heterocycles. The molecule has 0 bridgehead atoms. The highest BCUT2D eigenvalue weighted by Crippen LogP contribution is 2.12. The summed E-state index contributed by atoms with van der Waals surface area (Å²) >= 11 is 0. The molecule has 5 nitrogen and oxygen atoms in total. The third kappa shape index (κ3) is 2.24. The fraction of sp³-hybridized carbons (Fsp3) is 0.0714. The summed E-state index contributed by atoms with van der Waals surface area (Å²) in [7, 11) is 0. The van der Waals surface area contributed by atoms with E-state index in [1.54, 1.807) is 22.7 Å². The van der Waals surface area contributed by atoms with Crippen molar-refractivity contribution in [3.05, 3.63) is 60.0 Å². The predicted octanol–water partition coefficient (Wildman–Crippen LogP) is 2.18. The Kier molecular flexibility index (Phi) is 2.83. The molecule has 0 radical (unpaired) electrons. The van der Waals surface area contributed by atoms with Crippen LogP contribution < -0.4 is 4.74 Å². The van der Waals surface area contributed by atoms with Gasteiger partial charge in [0.05, 0.1) is 5.56 Å². The fourth-order valence-electron chi connectivity index (χ4n) is 1.77. The van der Waals surface area contributed by atoms with Crippen molar-refractivity contribution in [1.29, 1.82) is 5.26 Å². The number of hydrogen-bond acceptors (Lipinski definition) is 4. The van der Waals surface area contributed by atoms with Gasteiger partial charge in [-0.25, -0.2) is 0 Å². The number of fused-ring (bicyclic) bond motifs is 1. The Labute approximate surface area is 109 Å². The maximum absolute atomic E-state index is 8.90. The van der Waals surface area contributed by atoms with Crippen LogP contribution in [-0.4, -0.2) is 14.6 Å². The molecule has 3 aromatic rings. The number of rotatable bonds is 3. The molecule has 5 heteroatoms. The van der Waals surface area contributed by atoms with Crippen molar-refractivity contribution in [2.75, 3.05) is 0 Å². The van der Waals surface area contributed by atoms with E-state index in [2.05, 4.69) is 16.3 Å². The van der Waals surface area contributed by atoms with Crippen molar-refractivity contribution in [3.8, 4) is 11.8 Å². The maximum Gasteiger partial charge on any atom is 0.175 e. The Bertz CT molecular complexity index is 743. The first-order valence-electron chi connectivity index (χ1n) is 5.78. The largest absolute Gasteiger partial charge is 0.486 e. The SMILES string of the molecule is N#Cc1ccc2nnc(COc3ccccc3)n2c1. The minimum absolute atomic E-state index is 0.306.